The zero-order valence-electron chi connectivity index (χ0n) is 14.0. The summed E-state index contributed by atoms with van der Waals surface area (Å²) in [5.41, 5.74) is 1.67. The van der Waals surface area contributed by atoms with Crippen molar-refractivity contribution < 1.29 is 9.18 Å². The van der Waals surface area contributed by atoms with Crippen molar-refractivity contribution in [3.05, 3.63) is 78.1 Å². The van der Waals surface area contributed by atoms with Gasteiger partial charge in [-0.25, -0.2) is 14.1 Å². The number of benzene rings is 2. The van der Waals surface area contributed by atoms with Gasteiger partial charge in [-0.3, -0.25) is 4.79 Å². The molecule has 0 bridgehead atoms. The van der Waals surface area contributed by atoms with Gasteiger partial charge in [-0.15, -0.1) is 0 Å². The first-order valence-electron chi connectivity index (χ1n) is 8.17. The first kappa shape index (κ1) is 16.8. The summed E-state index contributed by atoms with van der Waals surface area (Å²) in [6.45, 7) is 2.76. The second kappa shape index (κ2) is 7.70. The predicted octanol–water partition coefficient (Wildman–Crippen LogP) is 3.46. The largest absolute Gasteiger partial charge is 0.334 e. The molecule has 0 aliphatic rings. The molecule has 25 heavy (non-hydrogen) atoms. The van der Waals surface area contributed by atoms with Crippen LogP contribution >= 0.6 is 0 Å². The molecular formula is C19H19FN4O. The minimum atomic E-state index is -0.305. The lowest BCUT2D eigenvalue weighted by molar-refractivity contribution is 0.0741. The number of aromatic nitrogens is 3. The van der Waals surface area contributed by atoms with Crippen LogP contribution in [0.5, 0.6) is 0 Å². The molecule has 0 saturated carbocycles. The number of rotatable bonds is 6. The lowest BCUT2D eigenvalue weighted by atomic mass is 10.1. The molecule has 0 fully saturated rings. The van der Waals surface area contributed by atoms with E-state index in [0.717, 1.165) is 6.42 Å². The molecule has 1 heterocycles. The van der Waals surface area contributed by atoms with Crippen LogP contribution < -0.4 is 0 Å². The van der Waals surface area contributed by atoms with Gasteiger partial charge >= 0.3 is 0 Å². The van der Waals surface area contributed by atoms with E-state index in [4.69, 9.17) is 0 Å². The highest BCUT2D eigenvalue weighted by molar-refractivity contribution is 5.97. The average molecular weight is 338 g/mol. The Balaban J connectivity index is 1.93. The molecule has 0 unspecified atom stereocenters. The third-order valence-electron chi connectivity index (χ3n) is 3.90. The van der Waals surface area contributed by atoms with Gasteiger partial charge in [0.05, 0.1) is 11.3 Å². The number of amides is 1. The van der Waals surface area contributed by atoms with Crippen molar-refractivity contribution in [3.8, 4) is 5.69 Å². The molecule has 0 spiro atoms. The summed E-state index contributed by atoms with van der Waals surface area (Å²) in [7, 11) is 0. The Morgan fingerprint density at radius 1 is 1.16 bits per heavy atom. The number of carbonyl (C=O) groups is 1. The van der Waals surface area contributed by atoms with Gasteiger partial charge in [0.2, 0.25) is 0 Å². The standard InChI is InChI=1S/C19H19FN4O/c1-2-11-23(12-15-7-3-5-9-17(15)20)19(25)16-8-4-6-10-18(16)24-14-21-13-22-24/h3-10,13-14H,2,11-12H2,1H3. The molecule has 128 valence electrons. The molecule has 0 aliphatic heterocycles. The van der Waals surface area contributed by atoms with Crippen molar-refractivity contribution in [1.29, 1.82) is 0 Å². The maximum Gasteiger partial charge on any atom is 0.256 e. The van der Waals surface area contributed by atoms with Crippen LogP contribution in [0.2, 0.25) is 0 Å². The maximum absolute atomic E-state index is 14.0. The topological polar surface area (TPSA) is 51.0 Å². The van der Waals surface area contributed by atoms with Gasteiger partial charge in [-0.1, -0.05) is 37.3 Å². The van der Waals surface area contributed by atoms with E-state index < -0.39 is 0 Å². The lowest BCUT2D eigenvalue weighted by Gasteiger charge is -2.23. The molecule has 3 rings (SSSR count). The van der Waals surface area contributed by atoms with Gasteiger partial charge in [-0.2, -0.15) is 5.10 Å². The second-order valence-electron chi connectivity index (χ2n) is 5.68. The Labute approximate surface area is 145 Å². The highest BCUT2D eigenvalue weighted by Crippen LogP contribution is 2.18. The Morgan fingerprint density at radius 2 is 1.92 bits per heavy atom. The van der Waals surface area contributed by atoms with Crippen molar-refractivity contribution >= 4 is 5.91 Å². The smallest absolute Gasteiger partial charge is 0.256 e. The van der Waals surface area contributed by atoms with Crippen molar-refractivity contribution in [3.63, 3.8) is 0 Å². The molecule has 0 N–H and O–H groups in total. The van der Waals surface area contributed by atoms with E-state index >= 15 is 0 Å². The molecule has 5 nitrogen and oxygen atoms in total. The van der Waals surface area contributed by atoms with E-state index in [1.165, 1.54) is 12.4 Å². The van der Waals surface area contributed by atoms with Gasteiger partial charge in [0.1, 0.15) is 18.5 Å². The number of nitrogens with zero attached hydrogens (tertiary/aromatic N) is 4. The normalized spacial score (nSPS) is 10.6. The molecule has 1 aromatic heterocycles. The summed E-state index contributed by atoms with van der Waals surface area (Å²) in [5.74, 6) is -0.461. The van der Waals surface area contributed by atoms with Gasteiger partial charge in [-0.05, 0) is 24.6 Å². The highest BCUT2D eigenvalue weighted by atomic mass is 19.1. The van der Waals surface area contributed by atoms with E-state index in [2.05, 4.69) is 10.1 Å². The Morgan fingerprint density at radius 3 is 2.64 bits per heavy atom. The zero-order valence-corrected chi connectivity index (χ0v) is 14.0. The molecule has 0 saturated heterocycles. The van der Waals surface area contributed by atoms with Crippen molar-refractivity contribution in [1.82, 2.24) is 19.7 Å². The fourth-order valence-electron chi connectivity index (χ4n) is 2.71. The fraction of sp³-hybridized carbons (Fsp3) is 0.211. The van der Waals surface area contributed by atoms with E-state index in [9.17, 15) is 9.18 Å². The monoisotopic (exact) mass is 338 g/mol. The van der Waals surface area contributed by atoms with Gasteiger partial charge in [0.15, 0.2) is 0 Å². The van der Waals surface area contributed by atoms with Crippen LogP contribution in [0.25, 0.3) is 5.69 Å². The predicted molar refractivity (Wildman–Crippen MR) is 92.8 cm³/mol. The number of carbonyl (C=O) groups excluding carboxylic acids is 1. The number of para-hydroxylation sites is 1. The van der Waals surface area contributed by atoms with Crippen LogP contribution in [0, 0.1) is 5.82 Å². The van der Waals surface area contributed by atoms with Crippen LogP contribution in [-0.2, 0) is 6.54 Å². The summed E-state index contributed by atoms with van der Waals surface area (Å²) in [6.07, 6.45) is 3.75. The first-order valence-corrected chi connectivity index (χ1v) is 8.17. The van der Waals surface area contributed by atoms with Crippen LogP contribution in [0.15, 0.2) is 61.2 Å². The number of hydrogen-bond acceptors (Lipinski definition) is 3. The summed E-state index contributed by atoms with van der Waals surface area (Å²) in [6, 6.07) is 13.7. The third kappa shape index (κ3) is 3.74. The zero-order chi connectivity index (χ0) is 17.6. The molecule has 2 aromatic carbocycles. The lowest BCUT2D eigenvalue weighted by Crippen LogP contribution is -2.32. The summed E-state index contributed by atoms with van der Waals surface area (Å²) in [4.78, 5) is 18.7. The van der Waals surface area contributed by atoms with Crippen LogP contribution in [0.1, 0.15) is 29.3 Å². The second-order valence-corrected chi connectivity index (χ2v) is 5.68. The average Bonchev–Trinajstić information content (AvgIpc) is 3.17. The summed E-state index contributed by atoms with van der Waals surface area (Å²) in [5, 5.41) is 4.11. The Bertz CT molecular complexity index is 848. The van der Waals surface area contributed by atoms with Gasteiger partial charge in [0.25, 0.3) is 5.91 Å². The van der Waals surface area contributed by atoms with Crippen molar-refractivity contribution in [2.24, 2.45) is 0 Å². The van der Waals surface area contributed by atoms with Gasteiger partial charge in [0, 0.05) is 18.7 Å². The van der Waals surface area contributed by atoms with E-state index in [0.29, 0.717) is 23.4 Å². The molecule has 0 atom stereocenters. The SMILES string of the molecule is CCCN(Cc1ccccc1F)C(=O)c1ccccc1-n1cncn1. The van der Waals surface area contributed by atoms with Crippen LogP contribution in [0.3, 0.4) is 0 Å². The van der Waals surface area contributed by atoms with Crippen LogP contribution in [0.4, 0.5) is 4.39 Å². The van der Waals surface area contributed by atoms with E-state index in [1.807, 2.05) is 19.1 Å². The quantitative estimate of drug-likeness (QED) is 0.692. The fourth-order valence-corrected chi connectivity index (χ4v) is 2.71. The molecule has 6 heteroatoms. The number of halogens is 1. The van der Waals surface area contributed by atoms with E-state index in [1.54, 1.807) is 46.2 Å². The number of hydrogen-bond donors (Lipinski definition) is 0. The first-order chi connectivity index (χ1) is 12.2. The van der Waals surface area contributed by atoms with Gasteiger partial charge < -0.3 is 4.90 Å². The minimum absolute atomic E-state index is 0.156. The summed E-state index contributed by atoms with van der Waals surface area (Å²) < 4.78 is 15.6. The van der Waals surface area contributed by atoms with E-state index in [-0.39, 0.29) is 18.3 Å². The Kier molecular flexibility index (Phi) is 5.18. The minimum Gasteiger partial charge on any atom is -0.334 e. The molecular weight excluding hydrogens is 319 g/mol. The highest BCUT2D eigenvalue weighted by Gasteiger charge is 2.20. The molecule has 0 aliphatic carbocycles. The maximum atomic E-state index is 14.0. The van der Waals surface area contributed by atoms with Crippen molar-refractivity contribution in [2.45, 2.75) is 19.9 Å². The Hall–Kier alpha value is -3.02. The molecule has 1 amide bonds. The molecule has 0 radical (unpaired) electrons. The van der Waals surface area contributed by atoms with Crippen molar-refractivity contribution in [2.75, 3.05) is 6.54 Å². The summed E-state index contributed by atoms with van der Waals surface area (Å²) >= 11 is 0. The molecule has 3 aromatic rings. The van der Waals surface area contributed by atoms with Crippen LogP contribution in [-0.4, -0.2) is 32.1 Å². The third-order valence-corrected chi connectivity index (χ3v) is 3.90.